The Morgan fingerprint density at radius 1 is 1.17 bits per heavy atom. The molecule has 2 rings (SSSR count). The van der Waals surface area contributed by atoms with Crippen molar-refractivity contribution in [3.05, 3.63) is 53.1 Å². The maximum Gasteiger partial charge on any atom is 0.409 e. The van der Waals surface area contributed by atoms with E-state index in [1.807, 2.05) is 18.2 Å². The van der Waals surface area contributed by atoms with E-state index in [0.29, 0.717) is 16.5 Å². The van der Waals surface area contributed by atoms with Crippen molar-refractivity contribution >= 4 is 17.7 Å². The molecule has 126 valence electrons. The van der Waals surface area contributed by atoms with Crippen LogP contribution in [-0.4, -0.2) is 6.18 Å². The maximum atomic E-state index is 12.2. The molecule has 1 aliphatic carbocycles. The summed E-state index contributed by atoms with van der Waals surface area (Å²) in [5, 5.41) is 0.386. The predicted octanol–water partition coefficient (Wildman–Crippen LogP) is 7.16. The highest BCUT2D eigenvalue weighted by Crippen LogP contribution is 2.38. The molecule has 0 atom stereocenters. The number of alkyl halides is 3. The summed E-state index contributed by atoms with van der Waals surface area (Å²) in [5.74, 6) is 1.24. The minimum Gasteiger partial charge on any atom is -0.167 e. The lowest BCUT2D eigenvalue weighted by molar-refractivity contribution is -0.0790. The Bertz CT molecular complexity index is 552. The third-order valence-corrected chi connectivity index (χ3v) is 4.90. The zero-order valence-electron chi connectivity index (χ0n) is 13.1. The van der Waals surface area contributed by atoms with Gasteiger partial charge in [-0.2, -0.15) is 13.2 Å². The molecule has 0 amide bonds. The van der Waals surface area contributed by atoms with E-state index in [4.69, 9.17) is 11.6 Å². The van der Waals surface area contributed by atoms with Crippen LogP contribution in [0.15, 0.2) is 36.9 Å². The summed E-state index contributed by atoms with van der Waals surface area (Å²) in [6.45, 7) is 3.77. The smallest absolute Gasteiger partial charge is 0.167 e. The zero-order chi connectivity index (χ0) is 16.9. The Labute approximate surface area is 141 Å². The molecule has 0 spiro atoms. The summed E-state index contributed by atoms with van der Waals surface area (Å²) in [5.41, 5.74) is 1.55. The summed E-state index contributed by atoms with van der Waals surface area (Å²) in [4.78, 5) is 0. The van der Waals surface area contributed by atoms with E-state index in [-0.39, 0.29) is 6.08 Å². The van der Waals surface area contributed by atoms with E-state index in [1.165, 1.54) is 19.3 Å². The largest absolute Gasteiger partial charge is 0.409 e. The maximum absolute atomic E-state index is 12.2. The quantitative estimate of drug-likeness (QED) is 0.498. The minimum atomic E-state index is -4.31. The topological polar surface area (TPSA) is 0 Å². The summed E-state index contributed by atoms with van der Waals surface area (Å²) < 4.78 is 36.7. The van der Waals surface area contributed by atoms with E-state index < -0.39 is 6.18 Å². The molecule has 0 bridgehead atoms. The standard InChI is InChI=1S/C19H22ClF3/c1-2-3-4-14-5-7-15(8-6-14)17-10-9-16(18(20)13-17)11-12-19(21,22)23/h2,9-15H,1,3-8H2. The second-order valence-corrected chi connectivity index (χ2v) is 6.65. The van der Waals surface area contributed by atoms with Gasteiger partial charge in [-0.3, -0.25) is 0 Å². The Kier molecular flexibility index (Phi) is 6.34. The fraction of sp³-hybridized carbons (Fsp3) is 0.474. The highest BCUT2D eigenvalue weighted by molar-refractivity contribution is 6.32. The SMILES string of the molecule is C=CCCC1CCC(c2ccc(C=CC(F)(F)F)c(Cl)c2)CC1. The van der Waals surface area contributed by atoms with E-state index in [0.717, 1.165) is 36.8 Å². The lowest BCUT2D eigenvalue weighted by Crippen LogP contribution is -2.13. The van der Waals surface area contributed by atoms with Gasteiger partial charge >= 0.3 is 6.18 Å². The molecule has 0 radical (unpaired) electrons. The summed E-state index contributed by atoms with van der Waals surface area (Å²) in [6, 6.07) is 5.42. The highest BCUT2D eigenvalue weighted by atomic mass is 35.5. The van der Waals surface area contributed by atoms with Crippen LogP contribution in [0.3, 0.4) is 0 Å². The van der Waals surface area contributed by atoms with Crippen LogP contribution in [0.25, 0.3) is 6.08 Å². The molecular formula is C19H22ClF3. The van der Waals surface area contributed by atoms with Crippen LogP contribution in [0.4, 0.5) is 13.2 Å². The number of allylic oxidation sites excluding steroid dienone is 2. The molecule has 1 aromatic carbocycles. The van der Waals surface area contributed by atoms with Gasteiger partial charge in [0.1, 0.15) is 0 Å². The molecule has 0 unspecified atom stereocenters. The van der Waals surface area contributed by atoms with E-state index in [2.05, 4.69) is 6.58 Å². The first-order chi connectivity index (χ1) is 10.9. The molecule has 0 saturated heterocycles. The molecule has 1 fully saturated rings. The van der Waals surface area contributed by atoms with Crippen LogP contribution < -0.4 is 0 Å². The van der Waals surface area contributed by atoms with Crippen LogP contribution in [0.2, 0.25) is 5.02 Å². The number of halogens is 4. The molecular weight excluding hydrogens is 321 g/mol. The molecule has 0 N–H and O–H groups in total. The first-order valence-electron chi connectivity index (χ1n) is 8.05. The van der Waals surface area contributed by atoms with Gasteiger partial charge in [-0.15, -0.1) is 6.58 Å². The second kappa shape index (κ2) is 8.05. The van der Waals surface area contributed by atoms with Gasteiger partial charge in [-0.1, -0.05) is 29.8 Å². The van der Waals surface area contributed by atoms with Gasteiger partial charge in [0.2, 0.25) is 0 Å². The summed E-state index contributed by atoms with van der Waals surface area (Å²) >= 11 is 6.14. The minimum absolute atomic E-state index is 0.221. The Balaban J connectivity index is 1.98. The summed E-state index contributed by atoms with van der Waals surface area (Å²) in [6.07, 6.45) is 5.82. The van der Waals surface area contributed by atoms with Crippen LogP contribution in [0, 0.1) is 5.92 Å². The van der Waals surface area contributed by atoms with Crippen molar-refractivity contribution < 1.29 is 13.2 Å². The third kappa shape index (κ3) is 5.72. The molecule has 23 heavy (non-hydrogen) atoms. The molecule has 0 heterocycles. The van der Waals surface area contributed by atoms with Crippen LogP contribution in [0.1, 0.15) is 55.6 Å². The molecule has 1 aromatic rings. The molecule has 1 saturated carbocycles. The Morgan fingerprint density at radius 2 is 1.87 bits per heavy atom. The van der Waals surface area contributed by atoms with Gasteiger partial charge in [0.15, 0.2) is 0 Å². The van der Waals surface area contributed by atoms with Crippen molar-refractivity contribution in [2.45, 2.75) is 50.6 Å². The number of hydrogen-bond donors (Lipinski definition) is 0. The number of rotatable bonds is 5. The van der Waals surface area contributed by atoms with Gasteiger partial charge in [-0.05, 0) is 73.6 Å². The fourth-order valence-corrected chi connectivity index (χ4v) is 3.51. The average Bonchev–Trinajstić information content (AvgIpc) is 2.51. The molecule has 0 aliphatic heterocycles. The van der Waals surface area contributed by atoms with Gasteiger partial charge < -0.3 is 0 Å². The molecule has 0 aromatic heterocycles. The number of hydrogen-bond acceptors (Lipinski definition) is 0. The first-order valence-corrected chi connectivity index (χ1v) is 8.43. The van der Waals surface area contributed by atoms with E-state index in [1.54, 1.807) is 6.07 Å². The van der Waals surface area contributed by atoms with Crippen molar-refractivity contribution in [2.24, 2.45) is 5.92 Å². The van der Waals surface area contributed by atoms with Crippen LogP contribution in [0.5, 0.6) is 0 Å². The monoisotopic (exact) mass is 342 g/mol. The third-order valence-electron chi connectivity index (χ3n) is 4.57. The van der Waals surface area contributed by atoms with Crippen LogP contribution in [-0.2, 0) is 0 Å². The van der Waals surface area contributed by atoms with Gasteiger partial charge in [0.25, 0.3) is 0 Å². The van der Waals surface area contributed by atoms with E-state index >= 15 is 0 Å². The molecule has 1 aliphatic rings. The Morgan fingerprint density at radius 3 is 2.43 bits per heavy atom. The molecule has 0 nitrogen and oxygen atoms in total. The lowest BCUT2D eigenvalue weighted by Gasteiger charge is -2.28. The van der Waals surface area contributed by atoms with E-state index in [9.17, 15) is 13.2 Å². The normalized spacial score (nSPS) is 22.4. The average molecular weight is 343 g/mol. The van der Waals surface area contributed by atoms with Crippen LogP contribution >= 0.6 is 11.6 Å². The highest BCUT2D eigenvalue weighted by Gasteiger charge is 2.23. The summed E-state index contributed by atoms with van der Waals surface area (Å²) in [7, 11) is 0. The lowest BCUT2D eigenvalue weighted by atomic mass is 9.77. The first kappa shape index (κ1) is 18.1. The Hall–Kier alpha value is -1.22. The number of benzene rings is 1. The predicted molar refractivity (Wildman–Crippen MR) is 90.7 cm³/mol. The van der Waals surface area contributed by atoms with Crippen molar-refractivity contribution in [3.8, 4) is 0 Å². The molecule has 4 heteroatoms. The zero-order valence-corrected chi connectivity index (χ0v) is 13.8. The van der Waals surface area contributed by atoms with Gasteiger partial charge in [0.05, 0.1) is 0 Å². The van der Waals surface area contributed by atoms with Crippen molar-refractivity contribution in [1.82, 2.24) is 0 Å². The van der Waals surface area contributed by atoms with Gasteiger partial charge in [-0.25, -0.2) is 0 Å². The van der Waals surface area contributed by atoms with Crippen molar-refractivity contribution in [2.75, 3.05) is 0 Å². The van der Waals surface area contributed by atoms with Crippen molar-refractivity contribution in [1.29, 1.82) is 0 Å². The van der Waals surface area contributed by atoms with Gasteiger partial charge in [0, 0.05) is 11.1 Å². The second-order valence-electron chi connectivity index (χ2n) is 6.24. The van der Waals surface area contributed by atoms with Crippen molar-refractivity contribution in [3.63, 3.8) is 0 Å². The fourth-order valence-electron chi connectivity index (χ4n) is 3.25.